The van der Waals surface area contributed by atoms with Crippen LogP contribution in [0.1, 0.15) is 204 Å². The molecule has 29 nitrogen and oxygen atoms in total. The minimum absolute atomic E-state index is 0.00150. The molecule has 0 unspecified atom stereocenters. The highest BCUT2D eigenvalue weighted by molar-refractivity contribution is 5.87. The molecule has 0 heterocycles. The molecule has 102 heavy (non-hydrogen) atoms. The number of esters is 3. The maximum atomic E-state index is 13.4. The molecule has 0 aliphatic rings. The third-order valence-corrected chi connectivity index (χ3v) is 15.3. The van der Waals surface area contributed by atoms with E-state index in [2.05, 4.69) is 54.8 Å². The molecule has 0 aromatic rings. The van der Waals surface area contributed by atoms with Crippen LogP contribution in [0.5, 0.6) is 0 Å². The number of aliphatic carboxylic acids is 1. The third kappa shape index (κ3) is 65.3. The van der Waals surface area contributed by atoms with Gasteiger partial charge in [-0.25, -0.2) is 9.59 Å². The summed E-state index contributed by atoms with van der Waals surface area (Å²) in [5.74, 6) is -4.15. The van der Waals surface area contributed by atoms with E-state index in [-0.39, 0.29) is 147 Å². The number of rotatable bonds is 66. The molecule has 0 bridgehead atoms. The molecule has 0 spiro atoms. The van der Waals surface area contributed by atoms with Gasteiger partial charge in [-0.3, -0.25) is 38.4 Å². The molecule has 594 valence electrons. The van der Waals surface area contributed by atoms with Crippen molar-refractivity contribution in [2.24, 2.45) is 0 Å². The first kappa shape index (κ1) is 96.5. The van der Waals surface area contributed by atoms with Gasteiger partial charge in [0, 0.05) is 58.0 Å². The lowest BCUT2D eigenvalue weighted by Gasteiger charge is -2.29. The van der Waals surface area contributed by atoms with E-state index < -0.39 is 58.6 Å². The number of nitrogens with zero attached hydrogens (tertiary/aromatic N) is 2. The lowest BCUT2D eigenvalue weighted by molar-refractivity contribution is -0.890. The number of nitrogens with one attached hydrogen (secondary N) is 5. The minimum atomic E-state index is -1.18. The van der Waals surface area contributed by atoms with Crippen LogP contribution in [0.4, 0.5) is 0 Å². The van der Waals surface area contributed by atoms with Crippen LogP contribution in [0.2, 0.25) is 0 Å². The normalized spacial score (nSPS) is 12.6. The maximum Gasteiger partial charge on any atom is 0.329 e. The summed E-state index contributed by atoms with van der Waals surface area (Å²) in [6.07, 6.45) is 13.9. The van der Waals surface area contributed by atoms with Crippen LogP contribution in [-0.2, 0) is 100 Å². The first-order valence-corrected chi connectivity index (χ1v) is 37.1. The number of ether oxygens (including phenoxy) is 11. The number of hydrogen-bond donors (Lipinski definition) is 6. The second-order valence-electron chi connectivity index (χ2n) is 29.8. The van der Waals surface area contributed by atoms with Crippen LogP contribution in [0, 0.1) is 0 Å². The van der Waals surface area contributed by atoms with Gasteiger partial charge in [0.05, 0.1) is 147 Å². The number of likely N-dealkylation sites (N-methyl/N-ethyl adjacent to an activating group) is 2. The molecule has 0 saturated heterocycles. The second kappa shape index (κ2) is 57.8. The fourth-order valence-electron chi connectivity index (χ4n) is 9.68. The van der Waals surface area contributed by atoms with Gasteiger partial charge in [0.2, 0.25) is 29.5 Å². The molecule has 0 aliphatic carbocycles. The predicted octanol–water partition coefficient (Wildman–Crippen LogP) is 5.85. The van der Waals surface area contributed by atoms with Crippen molar-refractivity contribution in [3.63, 3.8) is 0 Å². The minimum Gasteiger partial charge on any atom is -0.481 e. The summed E-state index contributed by atoms with van der Waals surface area (Å²) in [5, 5.41) is 22.4. The summed E-state index contributed by atoms with van der Waals surface area (Å²) in [4.78, 5) is 125. The molecule has 5 amide bonds. The van der Waals surface area contributed by atoms with Crippen molar-refractivity contribution in [2.75, 3.05) is 180 Å². The van der Waals surface area contributed by atoms with Crippen molar-refractivity contribution in [3.05, 3.63) is 0 Å². The number of Topliss-reactive ketones (excluding diaryl/α,β-unsaturated/α-hetero) is 1. The quantitative estimate of drug-likeness (QED) is 0.0180. The van der Waals surface area contributed by atoms with E-state index in [0.717, 1.165) is 84.0 Å². The van der Waals surface area contributed by atoms with Crippen molar-refractivity contribution < 1.29 is 114 Å². The Balaban J connectivity index is 4.27. The van der Waals surface area contributed by atoms with Crippen molar-refractivity contribution >= 4 is 59.2 Å². The fourth-order valence-corrected chi connectivity index (χ4v) is 9.68. The summed E-state index contributed by atoms with van der Waals surface area (Å²) < 4.78 is 61.9. The molecular formula is C73H137N7O22+2. The number of carbonyl (C=O) groups excluding carboxylic acids is 9. The molecule has 0 aliphatic heterocycles. The first-order valence-electron chi connectivity index (χ1n) is 37.1. The number of carbonyl (C=O) groups is 10. The Bertz CT molecular complexity index is 2320. The van der Waals surface area contributed by atoms with Crippen LogP contribution >= 0.6 is 0 Å². The Morgan fingerprint density at radius 3 is 1.16 bits per heavy atom. The fraction of sp³-hybridized carbons (Fsp3) is 0.863. The van der Waals surface area contributed by atoms with E-state index in [4.69, 9.17) is 57.2 Å². The molecule has 29 heteroatoms. The predicted molar refractivity (Wildman–Crippen MR) is 385 cm³/mol. The average molecular weight is 1460 g/mol. The smallest absolute Gasteiger partial charge is 0.329 e. The van der Waals surface area contributed by atoms with Crippen molar-refractivity contribution in [2.45, 2.75) is 232 Å². The zero-order chi connectivity index (χ0) is 76.6. The molecular weight excluding hydrogens is 1330 g/mol. The Morgan fingerprint density at radius 1 is 0.324 bits per heavy atom. The van der Waals surface area contributed by atoms with Crippen LogP contribution in [0.25, 0.3) is 0 Å². The summed E-state index contributed by atoms with van der Waals surface area (Å²) in [7, 11) is 8.28. The Morgan fingerprint density at radius 2 is 0.686 bits per heavy atom. The average Bonchev–Trinajstić information content (AvgIpc) is 0.886. The largest absolute Gasteiger partial charge is 0.481 e. The number of unbranched alkanes of at least 4 members (excludes halogenated alkanes) is 11. The number of carboxylic acid groups (broad SMARTS) is 1. The van der Waals surface area contributed by atoms with Gasteiger partial charge in [-0.15, -0.1) is 0 Å². The van der Waals surface area contributed by atoms with Gasteiger partial charge in [-0.2, -0.15) is 0 Å². The topological polar surface area (TPSA) is 353 Å². The van der Waals surface area contributed by atoms with Crippen molar-refractivity contribution in [1.82, 2.24) is 26.6 Å². The number of carboxylic acids is 1. The van der Waals surface area contributed by atoms with Crippen LogP contribution in [-0.4, -0.2) is 282 Å². The zero-order valence-corrected chi connectivity index (χ0v) is 64.9. The van der Waals surface area contributed by atoms with E-state index in [1.165, 1.54) is 12.8 Å². The van der Waals surface area contributed by atoms with E-state index in [1.807, 2.05) is 20.8 Å². The van der Waals surface area contributed by atoms with Crippen LogP contribution in [0.3, 0.4) is 0 Å². The van der Waals surface area contributed by atoms with Gasteiger partial charge in [-0.1, -0.05) is 64.2 Å². The SMILES string of the molecule is CC(C)(C)OC(=O)CCCCCCCCCCCCCCC(=O)N[C@@H](CCC(=O)N[C@@H](CCC(=O)NCCOCCOCC(=O)NCCOCCOCC(=O)CCC[N+](C)(C)CCOCCOCCC(=O)NCC[N+](C)(C)CCOCCOCCC(=O)O)C(=O)OC(C)(C)C)C(=O)OC(C)(C)C. The molecule has 0 aromatic heterocycles. The van der Waals surface area contributed by atoms with E-state index >= 15 is 0 Å². The lowest BCUT2D eigenvalue weighted by Crippen LogP contribution is -2.47. The highest BCUT2D eigenvalue weighted by Gasteiger charge is 2.31. The Kier molecular flexibility index (Phi) is 54.7. The molecule has 0 fully saturated rings. The molecule has 6 N–H and O–H groups in total. The van der Waals surface area contributed by atoms with Crippen molar-refractivity contribution in [3.8, 4) is 0 Å². The van der Waals surface area contributed by atoms with E-state index in [9.17, 15) is 47.9 Å². The molecule has 2 atom stereocenters. The van der Waals surface area contributed by atoms with Crippen LogP contribution < -0.4 is 26.6 Å². The van der Waals surface area contributed by atoms with Gasteiger partial charge in [0.25, 0.3) is 0 Å². The van der Waals surface area contributed by atoms with Gasteiger partial charge < -0.3 is 92.8 Å². The number of quaternary nitrogens is 2. The summed E-state index contributed by atoms with van der Waals surface area (Å²) >= 11 is 0. The van der Waals surface area contributed by atoms with Crippen molar-refractivity contribution in [1.29, 1.82) is 0 Å². The Labute approximate surface area is 609 Å². The molecule has 0 saturated carbocycles. The Hall–Kier alpha value is -5.50. The third-order valence-electron chi connectivity index (χ3n) is 15.3. The summed E-state index contributed by atoms with van der Waals surface area (Å²) in [5.41, 5.74) is -2.17. The number of amides is 5. The monoisotopic (exact) mass is 1460 g/mol. The van der Waals surface area contributed by atoms with Gasteiger partial charge in [0.1, 0.15) is 55.2 Å². The van der Waals surface area contributed by atoms with Gasteiger partial charge in [0.15, 0.2) is 5.78 Å². The first-order chi connectivity index (χ1) is 48.1. The van der Waals surface area contributed by atoms with E-state index in [0.29, 0.717) is 87.4 Å². The summed E-state index contributed by atoms with van der Waals surface area (Å²) in [6, 6.07) is -2.28. The number of ketones is 1. The second-order valence-corrected chi connectivity index (χ2v) is 29.8. The standard InChI is InChI=1S/C73H135N7O22/c1-71(2,3)100-68(89)29-25-23-21-19-17-15-14-16-18-20-22-24-28-64(84)77-61(70(91)102-73(7,8)9)31-33-65(85)78-60(69(90)101-72(4,5)6)30-32-62(82)75-37-45-94-54-56-99-58-66(86)76-38-46-95-53-55-98-57-59(81)27-26-39-79(10,11)41-47-96-51-49-92-43-34-63(83)74-36-40-80(12,13)42-48-97-52-50-93-44-35-67(87)88/h60-61H,14-58H2,1-13H3,(H4-2,74,75,76,77,78,82,83,84,85,86,87,88)/p+2/t60-,61-/m0/s1. The number of hydrogen-bond acceptors (Lipinski definition) is 21. The van der Waals surface area contributed by atoms with E-state index in [1.54, 1.807) is 41.5 Å². The van der Waals surface area contributed by atoms with Gasteiger partial charge >= 0.3 is 23.9 Å². The van der Waals surface area contributed by atoms with Gasteiger partial charge in [-0.05, 0) is 88.0 Å². The van der Waals surface area contributed by atoms with Crippen LogP contribution in [0.15, 0.2) is 0 Å². The summed E-state index contributed by atoms with van der Waals surface area (Å²) in [6.45, 7) is 23.8. The molecule has 0 radical (unpaired) electrons. The highest BCUT2D eigenvalue weighted by Crippen LogP contribution is 2.17. The lowest BCUT2D eigenvalue weighted by atomic mass is 10.0. The maximum absolute atomic E-state index is 13.4. The zero-order valence-electron chi connectivity index (χ0n) is 64.9. The highest BCUT2D eigenvalue weighted by atomic mass is 16.6. The molecule has 0 aromatic carbocycles. The molecule has 0 rings (SSSR count).